The number of piperazine rings is 1. The Hall–Kier alpha value is -2.47. The van der Waals surface area contributed by atoms with E-state index in [2.05, 4.69) is 11.8 Å². The predicted molar refractivity (Wildman–Crippen MR) is 99.3 cm³/mol. The Balaban J connectivity index is 1.55. The Labute approximate surface area is 158 Å². The van der Waals surface area contributed by atoms with Crippen LogP contribution in [0.25, 0.3) is 0 Å². The lowest BCUT2D eigenvalue weighted by molar-refractivity contribution is -0.139. The molecule has 2 atom stereocenters. The van der Waals surface area contributed by atoms with Crippen molar-refractivity contribution in [3.05, 3.63) is 65.7 Å². The van der Waals surface area contributed by atoms with Crippen molar-refractivity contribution in [1.82, 2.24) is 9.80 Å². The second-order valence-corrected chi connectivity index (χ2v) is 7.05. The van der Waals surface area contributed by atoms with Crippen LogP contribution in [-0.4, -0.2) is 47.5 Å². The van der Waals surface area contributed by atoms with Gasteiger partial charge in [0.2, 0.25) is 0 Å². The molecule has 1 fully saturated rings. The Kier molecular flexibility index (Phi) is 6.06. The number of hydrogen-bond donors (Lipinski definition) is 0. The maximum atomic E-state index is 13.2. The highest BCUT2D eigenvalue weighted by Crippen LogP contribution is 2.19. The van der Waals surface area contributed by atoms with Crippen LogP contribution in [0, 0.1) is 11.6 Å². The first-order chi connectivity index (χ1) is 12.9. The van der Waals surface area contributed by atoms with E-state index >= 15 is 0 Å². The van der Waals surface area contributed by atoms with Crippen molar-refractivity contribution in [2.24, 2.45) is 0 Å². The van der Waals surface area contributed by atoms with E-state index in [1.54, 1.807) is 24.3 Å². The van der Waals surface area contributed by atoms with Gasteiger partial charge in [-0.15, -0.1) is 0 Å². The van der Waals surface area contributed by atoms with Gasteiger partial charge >= 0.3 is 0 Å². The SMILES string of the molecule is C[C@@H]1CN(C(=O)COc2cccc(F)c2)[C@@H](C)CN1Cc1ccc(F)cc1. The maximum Gasteiger partial charge on any atom is 0.260 e. The van der Waals surface area contributed by atoms with Gasteiger partial charge in [-0.3, -0.25) is 9.69 Å². The molecular weight excluding hydrogens is 350 g/mol. The normalized spacial score (nSPS) is 20.5. The van der Waals surface area contributed by atoms with Crippen molar-refractivity contribution in [1.29, 1.82) is 0 Å². The number of hydrogen-bond acceptors (Lipinski definition) is 3. The standard InChI is InChI=1S/C21H24F2N2O2/c1-15-12-25(21(26)14-27-20-5-3-4-19(23)10-20)16(2)11-24(15)13-17-6-8-18(22)9-7-17/h3-10,15-16H,11-14H2,1-2H3/t15-,16+/m1/s1. The van der Waals surface area contributed by atoms with E-state index in [0.717, 1.165) is 12.1 Å². The van der Waals surface area contributed by atoms with Crippen molar-refractivity contribution in [3.63, 3.8) is 0 Å². The third-order valence-electron chi connectivity index (χ3n) is 4.89. The van der Waals surface area contributed by atoms with Crippen LogP contribution in [0.1, 0.15) is 19.4 Å². The molecule has 0 radical (unpaired) electrons. The first kappa shape index (κ1) is 19.3. The highest BCUT2D eigenvalue weighted by atomic mass is 19.1. The molecule has 0 bridgehead atoms. The Bertz CT molecular complexity index is 782. The third kappa shape index (κ3) is 5.04. The molecule has 27 heavy (non-hydrogen) atoms. The van der Waals surface area contributed by atoms with Crippen LogP contribution in [0.15, 0.2) is 48.5 Å². The van der Waals surface area contributed by atoms with Crippen LogP contribution >= 0.6 is 0 Å². The zero-order valence-corrected chi connectivity index (χ0v) is 15.6. The largest absolute Gasteiger partial charge is 0.484 e. The maximum absolute atomic E-state index is 13.2. The number of benzene rings is 2. The van der Waals surface area contributed by atoms with Crippen molar-refractivity contribution in [2.75, 3.05) is 19.7 Å². The topological polar surface area (TPSA) is 32.8 Å². The minimum Gasteiger partial charge on any atom is -0.484 e. The van der Waals surface area contributed by atoms with Gasteiger partial charge in [-0.05, 0) is 43.7 Å². The molecule has 1 heterocycles. The van der Waals surface area contributed by atoms with E-state index in [1.807, 2.05) is 11.8 Å². The van der Waals surface area contributed by atoms with Gasteiger partial charge in [0, 0.05) is 37.8 Å². The molecule has 0 unspecified atom stereocenters. The molecule has 3 rings (SSSR count). The molecule has 0 spiro atoms. The quantitative estimate of drug-likeness (QED) is 0.804. The monoisotopic (exact) mass is 374 g/mol. The average molecular weight is 374 g/mol. The van der Waals surface area contributed by atoms with Crippen molar-refractivity contribution >= 4 is 5.91 Å². The summed E-state index contributed by atoms with van der Waals surface area (Å²) in [5, 5.41) is 0. The molecule has 0 N–H and O–H groups in total. The summed E-state index contributed by atoms with van der Waals surface area (Å²) in [5.41, 5.74) is 1.05. The summed E-state index contributed by atoms with van der Waals surface area (Å²) in [7, 11) is 0. The molecular formula is C21H24F2N2O2. The minimum atomic E-state index is -0.392. The highest BCUT2D eigenvalue weighted by Gasteiger charge is 2.32. The summed E-state index contributed by atoms with van der Waals surface area (Å²) in [6, 6.07) is 12.5. The van der Waals surface area contributed by atoms with Gasteiger partial charge in [0.05, 0.1) is 0 Å². The summed E-state index contributed by atoms with van der Waals surface area (Å²) in [5.74, 6) is -0.399. The van der Waals surface area contributed by atoms with E-state index in [1.165, 1.54) is 24.3 Å². The van der Waals surface area contributed by atoms with Crippen LogP contribution < -0.4 is 4.74 Å². The summed E-state index contributed by atoms with van der Waals surface area (Å²) in [6.07, 6.45) is 0. The molecule has 1 aliphatic heterocycles. The molecule has 0 saturated carbocycles. The van der Waals surface area contributed by atoms with Crippen molar-refractivity contribution in [3.8, 4) is 5.75 Å². The zero-order chi connectivity index (χ0) is 19.4. The number of ether oxygens (including phenoxy) is 1. The average Bonchev–Trinajstić information content (AvgIpc) is 2.64. The molecule has 2 aromatic carbocycles. The lowest BCUT2D eigenvalue weighted by Gasteiger charge is -2.44. The van der Waals surface area contributed by atoms with E-state index in [0.29, 0.717) is 18.8 Å². The van der Waals surface area contributed by atoms with Crippen LogP contribution in [0.3, 0.4) is 0 Å². The first-order valence-corrected chi connectivity index (χ1v) is 9.08. The summed E-state index contributed by atoms with van der Waals surface area (Å²) < 4.78 is 31.7. The second-order valence-electron chi connectivity index (χ2n) is 7.05. The fourth-order valence-corrected chi connectivity index (χ4v) is 3.38. The molecule has 1 saturated heterocycles. The van der Waals surface area contributed by atoms with Crippen LogP contribution in [0.2, 0.25) is 0 Å². The number of halogens is 2. The smallest absolute Gasteiger partial charge is 0.260 e. The summed E-state index contributed by atoms with van der Waals surface area (Å²) >= 11 is 0. The van der Waals surface area contributed by atoms with E-state index in [-0.39, 0.29) is 30.4 Å². The van der Waals surface area contributed by atoms with Crippen LogP contribution in [-0.2, 0) is 11.3 Å². The highest BCUT2D eigenvalue weighted by molar-refractivity contribution is 5.78. The van der Waals surface area contributed by atoms with Crippen molar-refractivity contribution < 1.29 is 18.3 Å². The van der Waals surface area contributed by atoms with Crippen molar-refractivity contribution in [2.45, 2.75) is 32.5 Å². The number of carbonyl (C=O) groups excluding carboxylic acids is 1. The molecule has 1 aliphatic rings. The zero-order valence-electron chi connectivity index (χ0n) is 15.6. The number of carbonyl (C=O) groups is 1. The van der Waals surface area contributed by atoms with Gasteiger partial charge in [0.1, 0.15) is 17.4 Å². The fourth-order valence-electron chi connectivity index (χ4n) is 3.38. The van der Waals surface area contributed by atoms with E-state index in [9.17, 15) is 13.6 Å². The number of rotatable bonds is 5. The molecule has 0 aromatic heterocycles. The van der Waals surface area contributed by atoms with E-state index in [4.69, 9.17) is 4.74 Å². The predicted octanol–water partition coefficient (Wildman–Crippen LogP) is 3.47. The molecule has 1 amide bonds. The third-order valence-corrected chi connectivity index (χ3v) is 4.89. The Morgan fingerprint density at radius 1 is 1.04 bits per heavy atom. The molecule has 0 aliphatic carbocycles. The number of amides is 1. The second kappa shape index (κ2) is 8.48. The lowest BCUT2D eigenvalue weighted by Crippen LogP contribution is -2.58. The van der Waals surface area contributed by atoms with Gasteiger partial charge in [-0.2, -0.15) is 0 Å². The number of nitrogens with zero attached hydrogens (tertiary/aromatic N) is 2. The van der Waals surface area contributed by atoms with Gasteiger partial charge < -0.3 is 9.64 Å². The molecule has 6 heteroatoms. The van der Waals surface area contributed by atoms with E-state index < -0.39 is 5.82 Å². The van der Waals surface area contributed by atoms with Gasteiger partial charge in [-0.1, -0.05) is 18.2 Å². The van der Waals surface area contributed by atoms with Crippen LogP contribution in [0.5, 0.6) is 5.75 Å². The summed E-state index contributed by atoms with van der Waals surface area (Å²) in [6.45, 7) is 6.00. The van der Waals surface area contributed by atoms with Crippen LogP contribution in [0.4, 0.5) is 8.78 Å². The molecule has 144 valence electrons. The van der Waals surface area contributed by atoms with Gasteiger partial charge in [-0.25, -0.2) is 8.78 Å². The van der Waals surface area contributed by atoms with Gasteiger partial charge in [0.25, 0.3) is 5.91 Å². The Morgan fingerprint density at radius 3 is 2.48 bits per heavy atom. The summed E-state index contributed by atoms with van der Waals surface area (Å²) in [4.78, 5) is 16.7. The lowest BCUT2D eigenvalue weighted by atomic mass is 10.1. The minimum absolute atomic E-state index is 0.0326. The molecule has 4 nitrogen and oxygen atoms in total. The first-order valence-electron chi connectivity index (χ1n) is 9.08. The fraction of sp³-hybridized carbons (Fsp3) is 0.381. The molecule has 2 aromatic rings. The Morgan fingerprint density at radius 2 is 1.78 bits per heavy atom. The van der Waals surface area contributed by atoms with Gasteiger partial charge in [0.15, 0.2) is 6.61 Å².